The first-order valence-corrected chi connectivity index (χ1v) is 12.3. The van der Waals surface area contributed by atoms with E-state index in [1.54, 1.807) is 12.1 Å². The second kappa shape index (κ2) is 10.5. The van der Waals surface area contributed by atoms with E-state index in [1.165, 1.54) is 6.07 Å². The van der Waals surface area contributed by atoms with Crippen LogP contribution in [0, 0.1) is 17.7 Å². The Hall–Kier alpha value is -1.71. The van der Waals surface area contributed by atoms with E-state index in [4.69, 9.17) is 9.84 Å². The van der Waals surface area contributed by atoms with Crippen LogP contribution in [0.25, 0.3) is 0 Å². The van der Waals surface area contributed by atoms with Gasteiger partial charge in [0.05, 0.1) is 18.9 Å². The molecule has 0 amide bonds. The summed E-state index contributed by atoms with van der Waals surface area (Å²) in [6.07, 6.45) is 6.02. The molecule has 3 rings (SSSR count). The number of unbranched alkanes of at least 4 members (excludes halogenated alkanes) is 2. The van der Waals surface area contributed by atoms with Gasteiger partial charge in [-0.1, -0.05) is 12.5 Å². The Morgan fingerprint density at radius 1 is 1.20 bits per heavy atom. The molecule has 0 radical (unpaired) electrons. The lowest BCUT2D eigenvalue weighted by Gasteiger charge is -2.20. The molecule has 3 N–H and O–H groups in total. The van der Waals surface area contributed by atoms with Crippen LogP contribution >= 0.6 is 0 Å². The zero-order valence-electron chi connectivity index (χ0n) is 17.1. The molecule has 0 bridgehead atoms. The highest BCUT2D eigenvalue weighted by atomic mass is 32.2. The summed E-state index contributed by atoms with van der Waals surface area (Å²) >= 11 is 0. The number of sulfonamides is 1. The Balaban J connectivity index is 1.50. The average Bonchev–Trinajstić information content (AvgIpc) is 3.59. The maximum absolute atomic E-state index is 14.1. The topological polar surface area (TPSA) is 105 Å². The van der Waals surface area contributed by atoms with Gasteiger partial charge in [-0.3, -0.25) is 4.79 Å². The number of nitrogens with one attached hydrogen (secondary N) is 2. The monoisotopic (exact) mass is 442 g/mol. The number of halogens is 1. The quantitative estimate of drug-likeness (QED) is 0.361. The summed E-state index contributed by atoms with van der Waals surface area (Å²) in [5, 5.41) is 11.3. The maximum Gasteiger partial charge on any atom is 0.317 e. The van der Waals surface area contributed by atoms with Crippen molar-refractivity contribution in [1.82, 2.24) is 10.0 Å². The SMILES string of the molecule is O=C(O)CNCCCCCS(=O)(=O)NC(c1ccc(F)c(OCC2CC2)c1)C1CC1. The lowest BCUT2D eigenvalue weighted by atomic mass is 10.0. The highest BCUT2D eigenvalue weighted by molar-refractivity contribution is 7.89. The Labute approximate surface area is 177 Å². The molecule has 0 aliphatic heterocycles. The Morgan fingerprint density at radius 2 is 1.97 bits per heavy atom. The molecule has 168 valence electrons. The second-order valence-electron chi connectivity index (χ2n) is 8.33. The molecule has 2 fully saturated rings. The van der Waals surface area contributed by atoms with E-state index in [-0.39, 0.29) is 30.0 Å². The average molecular weight is 443 g/mol. The Kier molecular flexibility index (Phi) is 8.07. The fourth-order valence-corrected chi connectivity index (χ4v) is 4.77. The normalized spacial score (nSPS) is 17.6. The van der Waals surface area contributed by atoms with Gasteiger partial charge >= 0.3 is 5.97 Å². The lowest BCUT2D eigenvalue weighted by Crippen LogP contribution is -2.32. The first-order chi connectivity index (χ1) is 14.3. The fraction of sp³-hybridized carbons (Fsp3) is 0.667. The molecule has 1 unspecified atom stereocenters. The second-order valence-corrected chi connectivity index (χ2v) is 10.2. The van der Waals surface area contributed by atoms with Crippen molar-refractivity contribution >= 4 is 16.0 Å². The molecule has 0 heterocycles. The van der Waals surface area contributed by atoms with Gasteiger partial charge in [-0.25, -0.2) is 17.5 Å². The van der Waals surface area contributed by atoms with Crippen molar-refractivity contribution in [1.29, 1.82) is 0 Å². The molecule has 0 spiro atoms. The van der Waals surface area contributed by atoms with E-state index in [2.05, 4.69) is 10.0 Å². The third-order valence-corrected chi connectivity index (χ3v) is 6.87. The third-order valence-electron chi connectivity index (χ3n) is 5.43. The summed E-state index contributed by atoms with van der Waals surface area (Å²) in [7, 11) is -3.48. The van der Waals surface area contributed by atoms with Crippen molar-refractivity contribution in [2.24, 2.45) is 11.8 Å². The standard InChI is InChI=1S/C21H31FN2O5S/c22-18-9-8-17(12-19(18)29-14-15-4-5-15)21(16-6-7-16)24-30(27,28)11-3-1-2-10-23-13-20(25)26/h8-9,12,15-16,21,23-24H,1-7,10-11,13-14H2,(H,25,26). The van der Waals surface area contributed by atoms with E-state index in [9.17, 15) is 17.6 Å². The summed E-state index contributed by atoms with van der Waals surface area (Å²) in [4.78, 5) is 10.4. The minimum Gasteiger partial charge on any atom is -0.490 e. The molecule has 1 aromatic carbocycles. The summed E-state index contributed by atoms with van der Waals surface area (Å²) in [6.45, 7) is 0.957. The Morgan fingerprint density at radius 3 is 2.63 bits per heavy atom. The highest BCUT2D eigenvalue weighted by Crippen LogP contribution is 2.42. The minimum absolute atomic E-state index is 0.0153. The van der Waals surface area contributed by atoms with E-state index in [0.717, 1.165) is 31.2 Å². The van der Waals surface area contributed by atoms with Gasteiger partial charge in [-0.15, -0.1) is 0 Å². The van der Waals surface area contributed by atoms with Crippen LogP contribution in [-0.2, 0) is 14.8 Å². The number of carboxylic acid groups (broad SMARTS) is 1. The van der Waals surface area contributed by atoms with Crippen LogP contribution in [0.1, 0.15) is 56.6 Å². The van der Waals surface area contributed by atoms with Gasteiger partial charge in [0, 0.05) is 6.04 Å². The van der Waals surface area contributed by atoms with Crippen molar-refractivity contribution in [2.45, 2.75) is 51.0 Å². The van der Waals surface area contributed by atoms with Crippen LogP contribution in [0.4, 0.5) is 4.39 Å². The van der Waals surface area contributed by atoms with Gasteiger partial charge in [0.2, 0.25) is 10.0 Å². The van der Waals surface area contributed by atoms with Crippen LogP contribution in [0.3, 0.4) is 0 Å². The summed E-state index contributed by atoms with van der Waals surface area (Å²) in [5.74, 6) is -0.394. The number of benzene rings is 1. The largest absolute Gasteiger partial charge is 0.490 e. The number of ether oxygens (including phenoxy) is 1. The molecule has 2 aliphatic rings. The van der Waals surface area contributed by atoms with Crippen LogP contribution in [-0.4, -0.2) is 44.9 Å². The Bertz CT molecular complexity index is 825. The number of aliphatic carboxylic acids is 1. The molecular weight excluding hydrogens is 411 g/mol. The number of carboxylic acids is 1. The molecule has 1 aromatic rings. The zero-order chi connectivity index (χ0) is 21.6. The number of rotatable bonds is 15. The van der Waals surface area contributed by atoms with Gasteiger partial charge in [0.1, 0.15) is 0 Å². The fourth-order valence-electron chi connectivity index (χ4n) is 3.35. The van der Waals surface area contributed by atoms with Crippen molar-refractivity contribution in [3.8, 4) is 5.75 Å². The van der Waals surface area contributed by atoms with Gasteiger partial charge < -0.3 is 15.2 Å². The number of hydrogen-bond acceptors (Lipinski definition) is 5. The number of carbonyl (C=O) groups is 1. The van der Waals surface area contributed by atoms with Crippen LogP contribution in [0.2, 0.25) is 0 Å². The first kappa shape index (κ1) is 23.0. The van der Waals surface area contributed by atoms with E-state index < -0.39 is 21.8 Å². The zero-order valence-corrected chi connectivity index (χ0v) is 17.9. The van der Waals surface area contributed by atoms with Gasteiger partial charge in [-0.2, -0.15) is 0 Å². The molecule has 0 saturated heterocycles. The summed E-state index contributed by atoms with van der Waals surface area (Å²) in [6, 6.07) is 4.26. The lowest BCUT2D eigenvalue weighted by molar-refractivity contribution is -0.135. The molecule has 1 atom stereocenters. The van der Waals surface area contributed by atoms with E-state index in [0.29, 0.717) is 38.3 Å². The molecule has 0 aromatic heterocycles. The van der Waals surface area contributed by atoms with Gasteiger partial charge in [-0.05, 0) is 74.6 Å². The van der Waals surface area contributed by atoms with Crippen molar-refractivity contribution in [3.63, 3.8) is 0 Å². The summed E-state index contributed by atoms with van der Waals surface area (Å²) in [5.41, 5.74) is 0.742. The van der Waals surface area contributed by atoms with Crippen molar-refractivity contribution < 1.29 is 27.4 Å². The van der Waals surface area contributed by atoms with Crippen LogP contribution in [0.15, 0.2) is 18.2 Å². The van der Waals surface area contributed by atoms with E-state index >= 15 is 0 Å². The van der Waals surface area contributed by atoms with Gasteiger partial charge in [0.25, 0.3) is 0 Å². The van der Waals surface area contributed by atoms with Crippen LogP contribution < -0.4 is 14.8 Å². The highest BCUT2D eigenvalue weighted by Gasteiger charge is 2.35. The molecule has 2 aliphatic carbocycles. The molecule has 30 heavy (non-hydrogen) atoms. The molecule has 9 heteroatoms. The molecule has 7 nitrogen and oxygen atoms in total. The molecular formula is C21H31FN2O5S. The predicted octanol–water partition coefficient (Wildman–Crippen LogP) is 2.83. The minimum atomic E-state index is -3.48. The van der Waals surface area contributed by atoms with Crippen LogP contribution in [0.5, 0.6) is 5.75 Å². The first-order valence-electron chi connectivity index (χ1n) is 10.7. The third kappa shape index (κ3) is 7.85. The van der Waals surface area contributed by atoms with E-state index in [1.807, 2.05) is 0 Å². The maximum atomic E-state index is 14.1. The van der Waals surface area contributed by atoms with Crippen molar-refractivity contribution in [3.05, 3.63) is 29.6 Å². The predicted molar refractivity (Wildman–Crippen MR) is 111 cm³/mol. The van der Waals surface area contributed by atoms with Gasteiger partial charge in [0.15, 0.2) is 11.6 Å². The number of hydrogen-bond donors (Lipinski definition) is 3. The van der Waals surface area contributed by atoms with Crippen molar-refractivity contribution in [2.75, 3.05) is 25.4 Å². The smallest absolute Gasteiger partial charge is 0.317 e. The molecule has 2 saturated carbocycles. The summed E-state index contributed by atoms with van der Waals surface area (Å²) < 4.78 is 47.7.